The molecule has 0 saturated carbocycles. The van der Waals surface area contributed by atoms with Crippen LogP contribution in [0.5, 0.6) is 0 Å². The molecule has 1 aromatic carbocycles. The largest absolute Gasteiger partial charge is 0.418 e. The lowest BCUT2D eigenvalue weighted by molar-refractivity contribution is -0.136. The van der Waals surface area contributed by atoms with Gasteiger partial charge in [-0.1, -0.05) is 6.92 Å². The smallest absolute Gasteiger partial charge is 0.384 e. The standard InChI is InChI=1S/C23H27F3N8O2/c1-3-32-7-9-33(10-8-32)13-5-6-16(15(11-13)23(24,25)26)30-22-29-12-14-18(35)17(20(28)36)19(27)34(4-2)21(14)31-22/h5-6,11-12H,3-4,7-10,27H2,1-2H3,(H2,28,36)(H,29,30,31). The minimum absolute atomic E-state index is 0.0250. The molecule has 5 N–H and O–H groups in total. The van der Waals surface area contributed by atoms with Crippen LogP contribution in [0.1, 0.15) is 29.8 Å². The number of pyridine rings is 1. The third kappa shape index (κ3) is 4.65. The summed E-state index contributed by atoms with van der Waals surface area (Å²) in [5, 5.41) is 2.60. The molecule has 0 bridgehead atoms. The van der Waals surface area contributed by atoms with E-state index in [1.54, 1.807) is 13.0 Å². The molecule has 192 valence electrons. The molecular weight excluding hydrogens is 477 g/mol. The van der Waals surface area contributed by atoms with Crippen LogP contribution in [0.25, 0.3) is 11.0 Å². The first-order valence-electron chi connectivity index (χ1n) is 11.5. The van der Waals surface area contributed by atoms with E-state index in [2.05, 4.69) is 27.1 Å². The fourth-order valence-electron chi connectivity index (χ4n) is 4.37. The zero-order chi connectivity index (χ0) is 26.2. The molecule has 3 aromatic rings. The maximum atomic E-state index is 14.0. The molecule has 0 spiro atoms. The highest BCUT2D eigenvalue weighted by Crippen LogP contribution is 2.38. The van der Waals surface area contributed by atoms with Crippen LogP contribution in [0.4, 0.5) is 36.3 Å². The molecule has 36 heavy (non-hydrogen) atoms. The minimum atomic E-state index is -4.63. The fourth-order valence-corrected chi connectivity index (χ4v) is 4.37. The fraction of sp³-hybridized carbons (Fsp3) is 0.391. The van der Waals surface area contributed by atoms with Crippen molar-refractivity contribution in [3.05, 3.63) is 45.7 Å². The molecule has 1 saturated heterocycles. The van der Waals surface area contributed by atoms with Gasteiger partial charge in [0.05, 0.1) is 16.6 Å². The average molecular weight is 505 g/mol. The monoisotopic (exact) mass is 504 g/mol. The Morgan fingerprint density at radius 2 is 1.83 bits per heavy atom. The van der Waals surface area contributed by atoms with Crippen molar-refractivity contribution in [3.63, 3.8) is 0 Å². The number of hydrogen-bond donors (Lipinski definition) is 3. The molecule has 4 rings (SSSR count). The van der Waals surface area contributed by atoms with Crippen LogP contribution >= 0.6 is 0 Å². The minimum Gasteiger partial charge on any atom is -0.384 e. The summed E-state index contributed by atoms with van der Waals surface area (Å²) in [5.41, 5.74) is 9.61. The average Bonchev–Trinajstić information content (AvgIpc) is 2.84. The number of carbonyl (C=O) groups excluding carboxylic acids is 1. The van der Waals surface area contributed by atoms with Crippen LogP contribution in [-0.2, 0) is 12.7 Å². The molecular formula is C23H27F3N8O2. The lowest BCUT2D eigenvalue weighted by Crippen LogP contribution is -2.46. The summed E-state index contributed by atoms with van der Waals surface area (Å²) in [6.07, 6.45) is -3.49. The van der Waals surface area contributed by atoms with Gasteiger partial charge in [-0.05, 0) is 31.7 Å². The van der Waals surface area contributed by atoms with Gasteiger partial charge in [-0.15, -0.1) is 0 Å². The Kier molecular flexibility index (Phi) is 6.76. The van der Waals surface area contributed by atoms with Gasteiger partial charge in [0.1, 0.15) is 11.4 Å². The van der Waals surface area contributed by atoms with Gasteiger partial charge >= 0.3 is 6.18 Å². The number of piperazine rings is 1. The molecule has 0 aliphatic carbocycles. The van der Waals surface area contributed by atoms with E-state index in [1.807, 2.05) is 4.90 Å². The maximum absolute atomic E-state index is 14.0. The van der Waals surface area contributed by atoms with E-state index in [0.29, 0.717) is 18.8 Å². The topological polar surface area (TPSA) is 135 Å². The highest BCUT2D eigenvalue weighted by atomic mass is 19.4. The SMILES string of the molecule is CCN1CCN(c2ccc(Nc3ncc4c(=O)c(C(N)=O)c(N)n(CC)c4n3)c(C(F)(F)F)c2)CC1. The summed E-state index contributed by atoms with van der Waals surface area (Å²) in [4.78, 5) is 36.8. The number of aryl methyl sites for hydroxylation is 1. The Labute approximate surface area is 204 Å². The number of primary amides is 1. The summed E-state index contributed by atoms with van der Waals surface area (Å²) < 4.78 is 43.4. The zero-order valence-corrected chi connectivity index (χ0v) is 19.9. The number of carbonyl (C=O) groups is 1. The lowest BCUT2D eigenvalue weighted by atomic mass is 10.1. The van der Waals surface area contributed by atoms with Crippen molar-refractivity contribution in [2.75, 3.05) is 48.7 Å². The third-order valence-corrected chi connectivity index (χ3v) is 6.35. The Balaban J connectivity index is 1.73. The molecule has 0 radical (unpaired) electrons. The highest BCUT2D eigenvalue weighted by Gasteiger charge is 2.35. The first-order valence-corrected chi connectivity index (χ1v) is 11.5. The Morgan fingerprint density at radius 3 is 2.42 bits per heavy atom. The van der Waals surface area contributed by atoms with Crippen molar-refractivity contribution in [2.24, 2.45) is 5.73 Å². The number of rotatable bonds is 6. The Bertz CT molecular complexity index is 1360. The molecule has 1 aliphatic rings. The van der Waals surface area contributed by atoms with Crippen LogP contribution in [0.3, 0.4) is 0 Å². The van der Waals surface area contributed by atoms with Gasteiger partial charge in [-0.2, -0.15) is 18.2 Å². The van der Waals surface area contributed by atoms with Gasteiger partial charge in [0.15, 0.2) is 5.65 Å². The first kappa shape index (κ1) is 25.2. The number of hydrogen-bond acceptors (Lipinski definition) is 8. The number of nitrogens with zero attached hydrogens (tertiary/aromatic N) is 5. The van der Waals surface area contributed by atoms with Gasteiger partial charge in [-0.3, -0.25) is 9.59 Å². The normalized spacial score (nSPS) is 14.9. The number of anilines is 4. The summed E-state index contributed by atoms with van der Waals surface area (Å²) in [5.74, 6) is -1.32. The number of nitrogen functional groups attached to an aromatic ring is 1. The molecule has 13 heteroatoms. The van der Waals surface area contributed by atoms with E-state index in [9.17, 15) is 22.8 Å². The molecule has 1 aliphatic heterocycles. The van der Waals surface area contributed by atoms with E-state index < -0.39 is 23.1 Å². The molecule has 0 unspecified atom stereocenters. The number of benzene rings is 1. The van der Waals surface area contributed by atoms with E-state index in [-0.39, 0.29) is 40.6 Å². The molecule has 10 nitrogen and oxygen atoms in total. The molecule has 1 amide bonds. The van der Waals surface area contributed by atoms with Crippen molar-refractivity contribution in [2.45, 2.75) is 26.6 Å². The maximum Gasteiger partial charge on any atom is 0.418 e. The second-order valence-electron chi connectivity index (χ2n) is 8.40. The van der Waals surface area contributed by atoms with Crippen molar-refractivity contribution in [1.82, 2.24) is 19.4 Å². The molecule has 3 heterocycles. The number of nitrogens with one attached hydrogen (secondary N) is 1. The number of amides is 1. The van der Waals surface area contributed by atoms with E-state index in [1.165, 1.54) is 10.6 Å². The van der Waals surface area contributed by atoms with Crippen LogP contribution < -0.4 is 27.1 Å². The summed E-state index contributed by atoms with van der Waals surface area (Å²) in [7, 11) is 0. The number of fused-ring (bicyclic) bond motifs is 1. The first-order chi connectivity index (χ1) is 17.0. The van der Waals surface area contributed by atoms with E-state index in [0.717, 1.165) is 31.9 Å². The van der Waals surface area contributed by atoms with Gasteiger partial charge in [0.2, 0.25) is 11.4 Å². The second-order valence-corrected chi connectivity index (χ2v) is 8.40. The summed E-state index contributed by atoms with van der Waals surface area (Å²) in [6.45, 7) is 7.72. The molecule has 1 fully saturated rings. The molecule has 0 atom stereocenters. The van der Waals surface area contributed by atoms with Crippen LogP contribution in [-0.4, -0.2) is 58.1 Å². The van der Waals surface area contributed by atoms with E-state index >= 15 is 0 Å². The molecule has 2 aromatic heterocycles. The highest BCUT2D eigenvalue weighted by molar-refractivity contribution is 6.00. The Morgan fingerprint density at radius 1 is 1.14 bits per heavy atom. The van der Waals surface area contributed by atoms with Gasteiger partial charge < -0.3 is 31.2 Å². The van der Waals surface area contributed by atoms with E-state index in [4.69, 9.17) is 11.5 Å². The number of nitrogens with two attached hydrogens (primary N) is 2. The number of aromatic nitrogens is 3. The lowest BCUT2D eigenvalue weighted by Gasteiger charge is -2.36. The van der Waals surface area contributed by atoms with Crippen LogP contribution in [0.2, 0.25) is 0 Å². The van der Waals surface area contributed by atoms with Gasteiger partial charge in [0.25, 0.3) is 5.91 Å². The zero-order valence-electron chi connectivity index (χ0n) is 19.9. The number of likely N-dealkylation sites (N-methyl/N-ethyl adjacent to an activating group) is 1. The van der Waals surface area contributed by atoms with Crippen molar-refractivity contribution >= 4 is 40.1 Å². The number of halogens is 3. The predicted octanol–water partition coefficient (Wildman–Crippen LogP) is 2.40. The van der Waals surface area contributed by atoms with Crippen molar-refractivity contribution in [1.29, 1.82) is 0 Å². The predicted molar refractivity (Wildman–Crippen MR) is 131 cm³/mol. The third-order valence-electron chi connectivity index (χ3n) is 6.35. The van der Waals surface area contributed by atoms with Gasteiger partial charge in [-0.25, -0.2) is 4.98 Å². The Hall–Kier alpha value is -3.87. The number of alkyl halides is 3. The van der Waals surface area contributed by atoms with Crippen molar-refractivity contribution in [3.8, 4) is 0 Å². The second kappa shape index (κ2) is 9.64. The summed E-state index contributed by atoms with van der Waals surface area (Å²) in [6, 6.07) is 4.08. The van der Waals surface area contributed by atoms with Crippen molar-refractivity contribution < 1.29 is 18.0 Å². The van der Waals surface area contributed by atoms with Crippen LogP contribution in [0, 0.1) is 0 Å². The van der Waals surface area contributed by atoms with Gasteiger partial charge in [0, 0.05) is 44.6 Å². The quantitative estimate of drug-likeness (QED) is 0.466. The summed E-state index contributed by atoms with van der Waals surface area (Å²) >= 11 is 0. The van der Waals surface area contributed by atoms with Crippen LogP contribution in [0.15, 0.2) is 29.2 Å².